The van der Waals surface area contributed by atoms with E-state index in [9.17, 15) is 18.0 Å². The molecule has 1 rings (SSSR count). The Morgan fingerprint density at radius 3 is 1.53 bits per heavy atom. The number of carbonyl (C=O) groups excluding carboxylic acids is 1. The molecule has 0 amide bonds. The Balaban J connectivity index is -0.000000420. The Hall–Kier alpha value is -2.68. The molecule has 0 fully saturated rings. The third kappa shape index (κ3) is 27.6. The highest BCUT2D eigenvalue weighted by Crippen LogP contribution is 2.14. The zero-order valence-corrected chi connectivity index (χ0v) is 24.3. The topological polar surface area (TPSA) is 118 Å². The van der Waals surface area contributed by atoms with E-state index in [1.54, 1.807) is 59.8 Å². The first-order valence-electron chi connectivity index (χ1n) is 10.8. The van der Waals surface area contributed by atoms with Crippen LogP contribution in [0.1, 0.15) is 61.0 Å². The molecule has 0 spiro atoms. The van der Waals surface area contributed by atoms with Crippen LogP contribution in [-0.4, -0.2) is 41.8 Å². The van der Waals surface area contributed by atoms with E-state index in [1.165, 1.54) is 30.4 Å². The van der Waals surface area contributed by atoms with E-state index >= 15 is 0 Å². The molecule has 0 aliphatic carbocycles. The number of aliphatic carboxylic acids is 1. The standard InChI is InChI=1S/C10H16O2.C7H7ClO2S.C5H8O2.C5H10O/c1-6-10(4,5)12-9(11)7-8(2)3;1-6-2-4-7(5-3-6)11(8,9)10;1-4(2)3-5(6)7;1-4-5(2,3)6/h6-7H,1H2,2-5H3;2-5H,1H3;3H,1-2H3,(H,6,7);4,6H,1H2,2-3H3. The number of rotatable bonds is 6. The molecule has 0 aliphatic heterocycles. The van der Waals surface area contributed by atoms with E-state index in [1.807, 2.05) is 20.8 Å². The monoisotopic (exact) mass is 544 g/mol. The summed E-state index contributed by atoms with van der Waals surface area (Å²) in [6, 6.07) is 6.37. The number of hydrogen-bond acceptors (Lipinski definition) is 6. The lowest BCUT2D eigenvalue weighted by Crippen LogP contribution is -2.24. The number of aliphatic hydroxyl groups is 1. The van der Waals surface area contributed by atoms with Crippen LogP contribution in [0, 0.1) is 6.92 Å². The Morgan fingerprint density at radius 2 is 1.31 bits per heavy atom. The fraction of sp³-hybridized carbons (Fsp3) is 0.407. The van der Waals surface area contributed by atoms with Crippen molar-refractivity contribution in [2.24, 2.45) is 0 Å². The minimum absolute atomic E-state index is 0.143. The summed E-state index contributed by atoms with van der Waals surface area (Å²) in [7, 11) is 1.54. The van der Waals surface area contributed by atoms with E-state index in [4.69, 9.17) is 25.6 Å². The molecule has 7 nitrogen and oxygen atoms in total. The average Bonchev–Trinajstić information content (AvgIpc) is 2.66. The third-order valence-corrected chi connectivity index (χ3v) is 4.85. The van der Waals surface area contributed by atoms with Crippen molar-refractivity contribution >= 4 is 31.7 Å². The predicted octanol–water partition coefficient (Wildman–Crippen LogP) is 6.36. The van der Waals surface area contributed by atoms with Crippen LogP contribution < -0.4 is 0 Å². The van der Waals surface area contributed by atoms with E-state index < -0.39 is 26.2 Å². The molecular weight excluding hydrogens is 504 g/mol. The number of benzene rings is 1. The molecule has 1 aromatic rings. The molecule has 2 N–H and O–H groups in total. The predicted molar refractivity (Wildman–Crippen MR) is 148 cm³/mol. The van der Waals surface area contributed by atoms with Gasteiger partial charge in [0.05, 0.1) is 10.5 Å². The number of carbonyl (C=O) groups is 2. The Bertz CT molecular complexity index is 1000. The number of ether oxygens (including phenoxy) is 1. The van der Waals surface area contributed by atoms with Gasteiger partial charge in [0.1, 0.15) is 5.60 Å². The van der Waals surface area contributed by atoms with Gasteiger partial charge in [-0.3, -0.25) is 0 Å². The molecule has 204 valence electrons. The summed E-state index contributed by atoms with van der Waals surface area (Å²) in [5.74, 6) is -1.19. The molecule has 0 aliphatic rings. The van der Waals surface area contributed by atoms with Crippen molar-refractivity contribution in [3.63, 3.8) is 0 Å². The number of hydrogen-bond donors (Lipinski definition) is 2. The molecule has 0 heterocycles. The van der Waals surface area contributed by atoms with Crippen molar-refractivity contribution in [3.05, 3.63) is 78.4 Å². The van der Waals surface area contributed by atoms with Crippen molar-refractivity contribution in [2.75, 3.05) is 0 Å². The van der Waals surface area contributed by atoms with Crippen molar-refractivity contribution in [3.8, 4) is 0 Å². The summed E-state index contributed by atoms with van der Waals surface area (Å²) < 4.78 is 26.5. The third-order valence-electron chi connectivity index (χ3n) is 3.48. The second kappa shape index (κ2) is 17.7. The maximum atomic E-state index is 11.1. The van der Waals surface area contributed by atoms with Crippen LogP contribution in [0.3, 0.4) is 0 Å². The Morgan fingerprint density at radius 1 is 0.917 bits per heavy atom. The summed E-state index contributed by atoms with van der Waals surface area (Å²) in [5.41, 5.74) is 1.48. The van der Waals surface area contributed by atoms with Gasteiger partial charge in [0.2, 0.25) is 0 Å². The van der Waals surface area contributed by atoms with Crippen LogP contribution in [0.2, 0.25) is 0 Å². The highest BCUT2D eigenvalue weighted by molar-refractivity contribution is 8.13. The summed E-state index contributed by atoms with van der Waals surface area (Å²) in [6.07, 6.45) is 5.72. The second-order valence-electron chi connectivity index (χ2n) is 9.12. The minimum atomic E-state index is -3.55. The molecule has 0 saturated heterocycles. The molecule has 0 unspecified atom stereocenters. The van der Waals surface area contributed by atoms with Crippen LogP contribution in [-0.2, 0) is 23.4 Å². The average molecular weight is 545 g/mol. The Kier molecular flexibility index (Phi) is 18.6. The fourth-order valence-corrected chi connectivity index (χ4v) is 2.28. The quantitative estimate of drug-likeness (QED) is 0.185. The minimum Gasteiger partial charge on any atom is -0.478 e. The molecule has 0 saturated carbocycles. The summed E-state index contributed by atoms with van der Waals surface area (Å²) in [6.45, 7) is 23.0. The van der Waals surface area contributed by atoms with Gasteiger partial charge in [-0.25, -0.2) is 18.0 Å². The van der Waals surface area contributed by atoms with Gasteiger partial charge in [-0.1, -0.05) is 41.5 Å². The van der Waals surface area contributed by atoms with Gasteiger partial charge in [0.15, 0.2) is 0 Å². The Labute approximate surface area is 221 Å². The lowest BCUT2D eigenvalue weighted by molar-refractivity contribution is -0.146. The van der Waals surface area contributed by atoms with Gasteiger partial charge in [0.25, 0.3) is 9.05 Å². The normalized spacial score (nSPS) is 10.3. The molecular formula is C27H41ClO7S. The molecule has 0 radical (unpaired) electrons. The highest BCUT2D eigenvalue weighted by Gasteiger charge is 2.16. The van der Waals surface area contributed by atoms with Crippen LogP contribution in [0.25, 0.3) is 0 Å². The number of carboxylic acids is 1. The summed E-state index contributed by atoms with van der Waals surface area (Å²) in [4.78, 5) is 21.0. The van der Waals surface area contributed by atoms with Gasteiger partial charge < -0.3 is 14.9 Å². The largest absolute Gasteiger partial charge is 0.478 e. The van der Waals surface area contributed by atoms with Crippen molar-refractivity contribution in [1.82, 2.24) is 0 Å². The van der Waals surface area contributed by atoms with Gasteiger partial charge in [-0.2, -0.15) is 0 Å². The van der Waals surface area contributed by atoms with Gasteiger partial charge in [-0.15, -0.1) is 6.58 Å². The molecule has 1 aromatic carbocycles. The first kappa shape index (κ1) is 37.9. The van der Waals surface area contributed by atoms with Crippen LogP contribution in [0.4, 0.5) is 0 Å². The zero-order valence-electron chi connectivity index (χ0n) is 22.8. The molecule has 0 bridgehead atoms. The molecule has 9 heteroatoms. The zero-order chi connectivity index (χ0) is 29.3. The lowest BCUT2D eigenvalue weighted by Gasteiger charge is -2.19. The summed E-state index contributed by atoms with van der Waals surface area (Å²) >= 11 is 0. The number of halogens is 1. The van der Waals surface area contributed by atoms with Gasteiger partial charge in [0, 0.05) is 22.8 Å². The second-order valence-corrected chi connectivity index (χ2v) is 11.7. The lowest BCUT2D eigenvalue weighted by atomic mass is 10.1. The van der Waals surface area contributed by atoms with E-state index in [-0.39, 0.29) is 10.9 Å². The summed E-state index contributed by atoms with van der Waals surface area (Å²) in [5, 5.41) is 16.7. The van der Waals surface area contributed by atoms with Crippen molar-refractivity contribution < 1.29 is 33.0 Å². The number of aryl methyl sites for hydroxylation is 1. The van der Waals surface area contributed by atoms with Gasteiger partial charge in [-0.05, 0) is 80.5 Å². The van der Waals surface area contributed by atoms with Crippen LogP contribution >= 0.6 is 10.7 Å². The first-order chi connectivity index (χ1) is 16.1. The number of allylic oxidation sites excluding steroid dienone is 2. The van der Waals surface area contributed by atoms with Crippen LogP contribution in [0.15, 0.2) is 77.8 Å². The van der Waals surface area contributed by atoms with Crippen LogP contribution in [0.5, 0.6) is 0 Å². The smallest absolute Gasteiger partial charge is 0.331 e. The van der Waals surface area contributed by atoms with Crippen molar-refractivity contribution in [2.45, 2.75) is 78.4 Å². The maximum Gasteiger partial charge on any atom is 0.331 e. The van der Waals surface area contributed by atoms with Gasteiger partial charge >= 0.3 is 11.9 Å². The van der Waals surface area contributed by atoms with E-state index in [0.29, 0.717) is 0 Å². The van der Waals surface area contributed by atoms with E-state index in [2.05, 4.69) is 13.2 Å². The molecule has 36 heavy (non-hydrogen) atoms. The molecule has 0 aromatic heterocycles. The number of carboxylic acid groups (broad SMARTS) is 1. The highest BCUT2D eigenvalue weighted by atomic mass is 35.7. The molecule has 0 atom stereocenters. The first-order valence-corrected chi connectivity index (χ1v) is 13.1. The fourth-order valence-electron chi connectivity index (χ4n) is 1.51. The number of esters is 1. The van der Waals surface area contributed by atoms with E-state index in [0.717, 1.165) is 16.7 Å². The SMILES string of the molecule is C=CC(C)(C)O.C=CC(C)(C)OC(=O)C=C(C)C.CC(C)=CC(=O)O.Cc1ccc(S(=O)(=O)Cl)cc1. The van der Waals surface area contributed by atoms with Crippen molar-refractivity contribution in [1.29, 1.82) is 0 Å². The maximum absolute atomic E-state index is 11.1.